The number of carbonyl (C=O) groups excluding carboxylic acids is 3. The summed E-state index contributed by atoms with van der Waals surface area (Å²) >= 11 is 0. The summed E-state index contributed by atoms with van der Waals surface area (Å²) in [5, 5.41) is 11.7. The van der Waals surface area contributed by atoms with Gasteiger partial charge in [-0.15, -0.1) is 0 Å². The Balaban J connectivity index is 1.31. The first-order chi connectivity index (χ1) is 26.9. The van der Waals surface area contributed by atoms with Crippen LogP contribution in [0.4, 0.5) is 0 Å². The normalized spacial score (nSPS) is 19.5. The van der Waals surface area contributed by atoms with Gasteiger partial charge in [0, 0.05) is 0 Å². The average Bonchev–Trinajstić information content (AvgIpc) is 3.25. The first-order valence-corrected chi connectivity index (χ1v) is 17.9. The van der Waals surface area contributed by atoms with E-state index in [-0.39, 0.29) is 23.3 Å². The molecule has 5 atom stereocenters. The highest BCUT2D eigenvalue weighted by Gasteiger charge is 2.53. The molecule has 0 aromatic heterocycles. The van der Waals surface area contributed by atoms with Crippen LogP contribution in [0, 0.1) is 0 Å². The van der Waals surface area contributed by atoms with E-state index in [4.69, 9.17) is 23.7 Å². The lowest BCUT2D eigenvalue weighted by atomic mass is 9.80. The lowest BCUT2D eigenvalue weighted by molar-refractivity contribution is -0.289. The van der Waals surface area contributed by atoms with Crippen molar-refractivity contribution in [3.8, 4) is 0 Å². The molecule has 9 nitrogen and oxygen atoms in total. The van der Waals surface area contributed by atoms with Gasteiger partial charge in [-0.25, -0.2) is 14.4 Å². The molecule has 1 saturated heterocycles. The number of benzene rings is 6. The van der Waals surface area contributed by atoms with Gasteiger partial charge in [-0.2, -0.15) is 0 Å². The number of aliphatic hydroxyl groups is 1. The van der Waals surface area contributed by atoms with Crippen molar-refractivity contribution < 1.29 is 43.2 Å². The second kappa shape index (κ2) is 17.2. The summed E-state index contributed by atoms with van der Waals surface area (Å²) < 4.78 is 31.3. The van der Waals surface area contributed by atoms with E-state index in [1.165, 1.54) is 0 Å². The Morgan fingerprint density at radius 2 is 0.764 bits per heavy atom. The Hall–Kier alpha value is -6.39. The molecule has 0 saturated carbocycles. The van der Waals surface area contributed by atoms with Gasteiger partial charge in [0.1, 0.15) is 11.7 Å². The van der Waals surface area contributed by atoms with Crippen LogP contribution in [-0.2, 0) is 29.3 Å². The Bertz CT molecular complexity index is 2050. The maximum Gasteiger partial charge on any atom is 0.338 e. The van der Waals surface area contributed by atoms with E-state index < -0.39 is 54.2 Å². The van der Waals surface area contributed by atoms with Gasteiger partial charge in [-0.1, -0.05) is 146 Å². The van der Waals surface area contributed by atoms with Crippen LogP contribution in [-0.4, -0.2) is 60.3 Å². The van der Waals surface area contributed by atoms with Gasteiger partial charge >= 0.3 is 17.9 Å². The smallest absolute Gasteiger partial charge is 0.338 e. The molecule has 1 heterocycles. The van der Waals surface area contributed by atoms with Gasteiger partial charge in [-0.3, -0.25) is 0 Å². The maximum atomic E-state index is 13.8. The monoisotopic (exact) mass is 734 g/mol. The minimum absolute atomic E-state index is 0.185. The number of ether oxygens (including phenoxy) is 5. The molecular weight excluding hydrogens is 696 g/mol. The molecular formula is C46H38O9. The van der Waals surface area contributed by atoms with Crippen molar-refractivity contribution in [2.24, 2.45) is 0 Å². The molecule has 1 aliphatic rings. The Labute approximate surface area is 318 Å². The Morgan fingerprint density at radius 1 is 0.455 bits per heavy atom. The Morgan fingerprint density at radius 3 is 1.13 bits per heavy atom. The molecule has 0 amide bonds. The molecule has 7 rings (SSSR count). The minimum atomic E-state index is -1.83. The van der Waals surface area contributed by atoms with E-state index in [1.54, 1.807) is 91.0 Å². The van der Waals surface area contributed by atoms with Crippen LogP contribution in [0.15, 0.2) is 182 Å². The van der Waals surface area contributed by atoms with Crippen LogP contribution in [0.2, 0.25) is 0 Å². The van der Waals surface area contributed by atoms with Crippen LogP contribution in [0.1, 0.15) is 47.8 Å². The highest BCUT2D eigenvalue weighted by molar-refractivity contribution is 5.91. The highest BCUT2D eigenvalue weighted by atomic mass is 16.7. The van der Waals surface area contributed by atoms with Gasteiger partial charge in [-0.05, 0) is 53.1 Å². The summed E-state index contributed by atoms with van der Waals surface area (Å²) in [6.07, 6.45) is -7.70. The third-order valence-electron chi connectivity index (χ3n) is 9.37. The standard InChI is InChI=1S/C46H38O9/c47-42(32-19-7-1-8-20-32)53-39-38(31-51-46(35-25-13-4-14-26-35,36-27-15-5-16-28-36)37-29-17-6-18-30-37)52-45(50)41(55-44(49)34-23-11-3-12-24-34)40(39)54-43(48)33-21-9-2-10-22-33/h1-30,38-41,45,50H,31H2/t38-,39+,40-,41+,45?/m0/s1. The highest BCUT2D eigenvalue weighted by Crippen LogP contribution is 2.41. The van der Waals surface area contributed by atoms with Crippen LogP contribution in [0.5, 0.6) is 0 Å². The topological polar surface area (TPSA) is 118 Å². The maximum absolute atomic E-state index is 13.8. The molecule has 1 fully saturated rings. The zero-order valence-corrected chi connectivity index (χ0v) is 29.6. The summed E-state index contributed by atoms with van der Waals surface area (Å²) in [7, 11) is 0. The van der Waals surface area contributed by atoms with Gasteiger partial charge in [0.05, 0.1) is 23.3 Å². The van der Waals surface area contributed by atoms with Crippen LogP contribution in [0.25, 0.3) is 0 Å². The molecule has 9 heteroatoms. The summed E-state index contributed by atoms with van der Waals surface area (Å²) in [5.74, 6) is -2.37. The van der Waals surface area contributed by atoms with Crippen LogP contribution < -0.4 is 0 Å². The molecule has 0 spiro atoms. The predicted octanol–water partition coefficient (Wildman–Crippen LogP) is 7.39. The molecule has 6 aromatic carbocycles. The molecule has 6 aromatic rings. The van der Waals surface area contributed by atoms with Crippen molar-refractivity contribution >= 4 is 17.9 Å². The van der Waals surface area contributed by atoms with E-state index in [1.807, 2.05) is 91.0 Å². The molecule has 1 N–H and O–H groups in total. The van der Waals surface area contributed by atoms with Crippen molar-refractivity contribution in [2.45, 2.75) is 36.3 Å². The summed E-state index contributed by atoms with van der Waals surface area (Å²) in [6, 6.07) is 53.5. The van der Waals surface area contributed by atoms with Gasteiger partial charge in [0.2, 0.25) is 0 Å². The summed E-state index contributed by atoms with van der Waals surface area (Å²) in [5.41, 5.74) is 1.75. The Kier molecular flexibility index (Phi) is 11.5. The van der Waals surface area contributed by atoms with E-state index in [0.29, 0.717) is 0 Å². The second-order valence-electron chi connectivity index (χ2n) is 12.9. The predicted molar refractivity (Wildman–Crippen MR) is 203 cm³/mol. The fourth-order valence-corrected chi connectivity index (χ4v) is 6.70. The van der Waals surface area contributed by atoms with Gasteiger partial charge in [0.25, 0.3) is 0 Å². The third kappa shape index (κ3) is 8.24. The number of esters is 3. The number of hydrogen-bond donors (Lipinski definition) is 1. The van der Waals surface area contributed by atoms with Crippen molar-refractivity contribution in [1.29, 1.82) is 0 Å². The molecule has 0 bridgehead atoms. The molecule has 276 valence electrons. The third-order valence-corrected chi connectivity index (χ3v) is 9.37. The zero-order valence-electron chi connectivity index (χ0n) is 29.6. The summed E-state index contributed by atoms with van der Waals surface area (Å²) in [4.78, 5) is 41.0. The quantitative estimate of drug-likeness (QED) is 0.0781. The zero-order chi connectivity index (χ0) is 38.0. The lowest BCUT2D eigenvalue weighted by Crippen LogP contribution is -2.62. The van der Waals surface area contributed by atoms with Crippen molar-refractivity contribution in [3.05, 3.63) is 215 Å². The van der Waals surface area contributed by atoms with E-state index >= 15 is 0 Å². The largest absolute Gasteiger partial charge is 0.452 e. The van der Waals surface area contributed by atoms with Gasteiger partial charge < -0.3 is 28.8 Å². The molecule has 0 aliphatic carbocycles. The van der Waals surface area contributed by atoms with Crippen molar-refractivity contribution in [3.63, 3.8) is 0 Å². The van der Waals surface area contributed by atoms with E-state index in [0.717, 1.165) is 16.7 Å². The van der Waals surface area contributed by atoms with Crippen LogP contribution >= 0.6 is 0 Å². The molecule has 1 unspecified atom stereocenters. The number of hydrogen-bond acceptors (Lipinski definition) is 9. The number of rotatable bonds is 12. The van der Waals surface area contributed by atoms with E-state index in [2.05, 4.69) is 0 Å². The fourth-order valence-electron chi connectivity index (χ4n) is 6.70. The van der Waals surface area contributed by atoms with Crippen molar-refractivity contribution in [1.82, 2.24) is 0 Å². The lowest BCUT2D eigenvalue weighted by Gasteiger charge is -2.44. The number of carbonyl (C=O) groups is 3. The SMILES string of the molecule is O=C(O[C@H]1[C@H](OC(=O)c2ccccc2)[C@@H](OC(=O)c2ccccc2)C(O)O[C@H]1COC(c1ccccc1)(c1ccccc1)c1ccccc1)c1ccccc1. The average molecular weight is 735 g/mol. The summed E-state index contributed by atoms with van der Waals surface area (Å²) in [6.45, 7) is -0.290. The van der Waals surface area contributed by atoms with Gasteiger partial charge in [0.15, 0.2) is 24.6 Å². The number of aliphatic hydroxyl groups excluding tert-OH is 1. The first-order valence-electron chi connectivity index (χ1n) is 17.9. The molecule has 55 heavy (non-hydrogen) atoms. The second-order valence-corrected chi connectivity index (χ2v) is 12.9. The fraction of sp³-hybridized carbons (Fsp3) is 0.152. The van der Waals surface area contributed by atoms with E-state index in [9.17, 15) is 19.5 Å². The minimum Gasteiger partial charge on any atom is -0.452 e. The van der Waals surface area contributed by atoms with Crippen LogP contribution in [0.3, 0.4) is 0 Å². The molecule has 0 radical (unpaired) electrons. The van der Waals surface area contributed by atoms with Crippen molar-refractivity contribution in [2.75, 3.05) is 6.61 Å². The first kappa shape index (κ1) is 36.9. The molecule has 1 aliphatic heterocycles.